The number of hydrogen-bond donors (Lipinski definition) is 1. The van der Waals surface area contributed by atoms with Crippen molar-refractivity contribution in [3.05, 3.63) is 0 Å². The zero-order chi connectivity index (χ0) is 15.3. The summed E-state index contributed by atoms with van der Waals surface area (Å²) in [5.41, 5.74) is -0.559. The van der Waals surface area contributed by atoms with Crippen molar-refractivity contribution in [2.75, 3.05) is 6.54 Å². The van der Waals surface area contributed by atoms with Crippen LogP contribution < -0.4 is 0 Å². The molecule has 1 fully saturated rings. The first-order valence-corrected chi connectivity index (χ1v) is 7.42. The van der Waals surface area contributed by atoms with E-state index in [-0.39, 0.29) is 19.0 Å². The van der Waals surface area contributed by atoms with E-state index in [1.807, 2.05) is 20.8 Å². The van der Waals surface area contributed by atoms with Crippen LogP contribution in [0.5, 0.6) is 0 Å². The summed E-state index contributed by atoms with van der Waals surface area (Å²) in [5, 5.41) is 8.86. The number of carbonyl (C=O) groups is 2. The summed E-state index contributed by atoms with van der Waals surface area (Å²) < 4.78 is 5.43. The lowest BCUT2D eigenvalue weighted by atomic mass is 9.85. The molecule has 0 aliphatic heterocycles. The number of amides is 1. The van der Waals surface area contributed by atoms with Gasteiger partial charge in [-0.3, -0.25) is 4.79 Å². The highest BCUT2D eigenvalue weighted by Gasteiger charge is 2.33. The smallest absolute Gasteiger partial charge is 0.410 e. The number of nitrogens with zero attached hydrogens (tertiary/aromatic N) is 1. The maximum absolute atomic E-state index is 12.3. The molecule has 5 heteroatoms. The molecule has 0 bridgehead atoms. The Morgan fingerprint density at radius 1 is 1.25 bits per heavy atom. The van der Waals surface area contributed by atoms with Gasteiger partial charge in [-0.2, -0.15) is 0 Å². The fourth-order valence-corrected chi connectivity index (χ4v) is 2.69. The average molecular weight is 285 g/mol. The van der Waals surface area contributed by atoms with Crippen LogP contribution in [0.2, 0.25) is 0 Å². The minimum atomic E-state index is -0.887. The molecule has 0 aromatic carbocycles. The summed E-state index contributed by atoms with van der Waals surface area (Å²) >= 11 is 0. The van der Waals surface area contributed by atoms with Crippen LogP contribution in [-0.2, 0) is 9.53 Å². The lowest BCUT2D eigenvalue weighted by Crippen LogP contribution is -2.48. The Labute approximate surface area is 121 Å². The van der Waals surface area contributed by atoms with Crippen molar-refractivity contribution in [3.63, 3.8) is 0 Å². The highest BCUT2D eigenvalue weighted by Crippen LogP contribution is 2.29. The van der Waals surface area contributed by atoms with Crippen LogP contribution in [0.15, 0.2) is 0 Å². The Kier molecular flexibility index (Phi) is 5.84. The number of hydrogen-bond acceptors (Lipinski definition) is 3. The van der Waals surface area contributed by atoms with Crippen molar-refractivity contribution in [3.8, 4) is 0 Å². The van der Waals surface area contributed by atoms with E-state index in [1.54, 1.807) is 4.90 Å². The second-order valence-corrected chi connectivity index (χ2v) is 6.65. The Morgan fingerprint density at radius 3 is 2.35 bits per heavy atom. The van der Waals surface area contributed by atoms with E-state index in [9.17, 15) is 9.59 Å². The Hall–Kier alpha value is -1.26. The molecule has 20 heavy (non-hydrogen) atoms. The molecule has 0 aromatic heterocycles. The molecule has 0 unspecified atom stereocenters. The van der Waals surface area contributed by atoms with Gasteiger partial charge in [0.05, 0.1) is 6.42 Å². The Morgan fingerprint density at radius 2 is 1.85 bits per heavy atom. The summed E-state index contributed by atoms with van der Waals surface area (Å²) in [4.78, 5) is 24.8. The molecule has 1 saturated carbocycles. The topological polar surface area (TPSA) is 66.8 Å². The largest absolute Gasteiger partial charge is 0.481 e. The lowest BCUT2D eigenvalue weighted by Gasteiger charge is -2.39. The van der Waals surface area contributed by atoms with Crippen molar-refractivity contribution in [2.24, 2.45) is 5.92 Å². The minimum Gasteiger partial charge on any atom is -0.481 e. The van der Waals surface area contributed by atoms with Gasteiger partial charge in [0.25, 0.3) is 0 Å². The van der Waals surface area contributed by atoms with E-state index in [1.165, 1.54) is 6.42 Å². The molecule has 2 atom stereocenters. The number of carboxylic acid groups (broad SMARTS) is 1. The number of ether oxygens (including phenoxy) is 1. The molecule has 1 rings (SSSR count). The quantitative estimate of drug-likeness (QED) is 0.860. The zero-order valence-electron chi connectivity index (χ0n) is 13.0. The van der Waals surface area contributed by atoms with Gasteiger partial charge in [0.2, 0.25) is 0 Å². The molecule has 0 spiro atoms. The predicted octanol–water partition coefficient (Wildman–Crippen LogP) is 3.28. The van der Waals surface area contributed by atoms with E-state index in [4.69, 9.17) is 9.84 Å². The van der Waals surface area contributed by atoms with Crippen LogP contribution in [0.4, 0.5) is 4.79 Å². The van der Waals surface area contributed by atoms with E-state index < -0.39 is 17.7 Å². The second-order valence-electron chi connectivity index (χ2n) is 6.65. The van der Waals surface area contributed by atoms with Crippen LogP contribution in [0.1, 0.15) is 59.8 Å². The standard InChI is InChI=1S/C15H27NO4/c1-11-7-5-6-8-12(11)16(10-9-13(17)18)14(19)20-15(2,3)4/h11-12H,5-10H2,1-4H3,(H,17,18)/t11-,12+/m0/s1. The second kappa shape index (κ2) is 6.95. The van der Waals surface area contributed by atoms with E-state index in [0.717, 1.165) is 19.3 Å². The molecule has 116 valence electrons. The Bertz CT molecular complexity index is 348. The fourth-order valence-electron chi connectivity index (χ4n) is 2.69. The van der Waals surface area contributed by atoms with Gasteiger partial charge in [-0.05, 0) is 39.5 Å². The maximum Gasteiger partial charge on any atom is 0.410 e. The Balaban J connectivity index is 2.77. The van der Waals surface area contributed by atoms with E-state index >= 15 is 0 Å². The van der Waals surface area contributed by atoms with Gasteiger partial charge in [0, 0.05) is 12.6 Å². The van der Waals surface area contributed by atoms with Crippen LogP contribution >= 0.6 is 0 Å². The highest BCUT2D eigenvalue weighted by molar-refractivity contribution is 5.71. The molecule has 1 aliphatic carbocycles. The van der Waals surface area contributed by atoms with Gasteiger partial charge in [-0.25, -0.2) is 4.79 Å². The zero-order valence-corrected chi connectivity index (χ0v) is 13.0. The molecule has 0 saturated heterocycles. The lowest BCUT2D eigenvalue weighted by molar-refractivity contribution is -0.137. The monoisotopic (exact) mass is 285 g/mol. The molecule has 1 aliphatic rings. The number of carbonyl (C=O) groups excluding carboxylic acids is 1. The summed E-state index contributed by atoms with van der Waals surface area (Å²) in [5.74, 6) is -0.493. The molecule has 0 heterocycles. The maximum atomic E-state index is 12.3. The highest BCUT2D eigenvalue weighted by atomic mass is 16.6. The number of rotatable bonds is 4. The van der Waals surface area contributed by atoms with Gasteiger partial charge in [-0.1, -0.05) is 19.8 Å². The van der Waals surface area contributed by atoms with Crippen molar-refractivity contribution >= 4 is 12.1 Å². The third-order valence-electron chi connectivity index (χ3n) is 3.66. The first-order chi connectivity index (χ1) is 9.20. The van der Waals surface area contributed by atoms with Crippen molar-refractivity contribution < 1.29 is 19.4 Å². The summed E-state index contributed by atoms with van der Waals surface area (Å²) in [6, 6.07) is 0.0953. The van der Waals surface area contributed by atoms with Crippen LogP contribution in [0.25, 0.3) is 0 Å². The summed E-state index contributed by atoms with van der Waals surface area (Å²) in [7, 11) is 0. The van der Waals surface area contributed by atoms with Gasteiger partial charge in [-0.15, -0.1) is 0 Å². The van der Waals surface area contributed by atoms with Crippen LogP contribution in [0, 0.1) is 5.92 Å². The van der Waals surface area contributed by atoms with Crippen LogP contribution in [-0.4, -0.2) is 40.3 Å². The van der Waals surface area contributed by atoms with Crippen molar-refractivity contribution in [1.82, 2.24) is 4.90 Å². The van der Waals surface area contributed by atoms with Crippen LogP contribution in [0.3, 0.4) is 0 Å². The number of aliphatic carboxylic acids is 1. The molecular weight excluding hydrogens is 258 g/mol. The van der Waals surface area contributed by atoms with Crippen molar-refractivity contribution in [2.45, 2.75) is 71.4 Å². The molecule has 0 aromatic rings. The normalized spacial score (nSPS) is 23.2. The summed E-state index contributed by atoms with van der Waals surface area (Å²) in [6.45, 7) is 7.82. The minimum absolute atomic E-state index is 0.0392. The van der Waals surface area contributed by atoms with E-state index in [0.29, 0.717) is 5.92 Å². The van der Waals surface area contributed by atoms with E-state index in [2.05, 4.69) is 6.92 Å². The molecular formula is C15H27NO4. The first-order valence-electron chi connectivity index (χ1n) is 7.42. The van der Waals surface area contributed by atoms with Gasteiger partial charge in [0.15, 0.2) is 0 Å². The molecule has 1 amide bonds. The third kappa shape index (κ3) is 5.39. The molecule has 0 radical (unpaired) electrons. The predicted molar refractivity (Wildman–Crippen MR) is 76.6 cm³/mol. The van der Waals surface area contributed by atoms with Gasteiger partial charge >= 0.3 is 12.1 Å². The number of carboxylic acids is 1. The van der Waals surface area contributed by atoms with Crippen molar-refractivity contribution in [1.29, 1.82) is 0 Å². The summed E-state index contributed by atoms with van der Waals surface area (Å²) in [6.07, 6.45) is 3.84. The fraction of sp³-hybridized carbons (Fsp3) is 0.867. The third-order valence-corrected chi connectivity index (χ3v) is 3.66. The van der Waals surface area contributed by atoms with Gasteiger partial charge < -0.3 is 14.7 Å². The average Bonchev–Trinajstić information content (AvgIpc) is 2.28. The molecule has 5 nitrogen and oxygen atoms in total. The SMILES string of the molecule is C[C@H]1CCCC[C@H]1N(CCC(=O)O)C(=O)OC(C)(C)C. The molecule has 1 N–H and O–H groups in total. The first kappa shape index (κ1) is 16.8. The van der Waals surface area contributed by atoms with Gasteiger partial charge in [0.1, 0.15) is 5.60 Å².